The number of piperidine rings is 2. The Morgan fingerprint density at radius 1 is 0.821 bits per heavy atom. The molecule has 0 saturated carbocycles. The van der Waals surface area contributed by atoms with Gasteiger partial charge in [0.15, 0.2) is 5.78 Å². The van der Waals surface area contributed by atoms with Crippen molar-refractivity contribution in [2.24, 2.45) is 0 Å². The zero-order valence-electron chi connectivity index (χ0n) is 22.7. The van der Waals surface area contributed by atoms with Crippen LogP contribution in [0.2, 0.25) is 0 Å². The minimum absolute atomic E-state index is 0.0160. The van der Waals surface area contributed by atoms with E-state index in [4.69, 9.17) is 4.74 Å². The third-order valence-corrected chi connectivity index (χ3v) is 8.26. The molecule has 6 heteroatoms. The monoisotopic (exact) mass is 526 g/mol. The lowest BCUT2D eigenvalue weighted by atomic mass is 9.84. The zero-order chi connectivity index (χ0) is 27.2. The van der Waals surface area contributed by atoms with Crippen molar-refractivity contribution in [3.63, 3.8) is 0 Å². The molecule has 204 valence electrons. The number of hydrogen-bond donors (Lipinski definition) is 1. The van der Waals surface area contributed by atoms with E-state index in [1.807, 2.05) is 61.5 Å². The summed E-state index contributed by atoms with van der Waals surface area (Å²) in [4.78, 5) is 30.4. The van der Waals surface area contributed by atoms with Crippen molar-refractivity contribution in [3.05, 3.63) is 101 Å². The van der Waals surface area contributed by atoms with Crippen molar-refractivity contribution in [1.29, 1.82) is 0 Å². The Morgan fingerprint density at radius 3 is 2.08 bits per heavy atom. The van der Waals surface area contributed by atoms with Gasteiger partial charge in [-0.05, 0) is 93.2 Å². The second kappa shape index (κ2) is 12.2. The highest BCUT2D eigenvalue weighted by atomic mass is 16.5. The summed E-state index contributed by atoms with van der Waals surface area (Å²) >= 11 is 0. The molecule has 5 rings (SSSR count). The minimum Gasteiger partial charge on any atom is -0.423 e. The lowest BCUT2D eigenvalue weighted by molar-refractivity contribution is -0.0318. The first-order valence-electron chi connectivity index (χ1n) is 14.1. The summed E-state index contributed by atoms with van der Waals surface area (Å²) in [6, 6.07) is 23.9. The maximum atomic E-state index is 13.2. The Kier molecular flexibility index (Phi) is 8.56. The quantitative estimate of drug-likeness (QED) is 0.239. The van der Waals surface area contributed by atoms with E-state index < -0.39 is 11.6 Å². The predicted molar refractivity (Wildman–Crippen MR) is 152 cm³/mol. The molecular weight excluding hydrogens is 488 g/mol. The highest BCUT2D eigenvalue weighted by Crippen LogP contribution is 2.33. The topological polar surface area (TPSA) is 70.1 Å². The van der Waals surface area contributed by atoms with Crippen LogP contribution < -0.4 is 4.74 Å². The van der Waals surface area contributed by atoms with Gasteiger partial charge in [0, 0.05) is 25.2 Å². The fourth-order valence-corrected chi connectivity index (χ4v) is 5.70. The lowest BCUT2D eigenvalue weighted by Crippen LogP contribution is -2.48. The second-order valence-electron chi connectivity index (χ2n) is 10.9. The smallest absolute Gasteiger partial charge is 0.343 e. The van der Waals surface area contributed by atoms with Crippen LogP contribution in [0.5, 0.6) is 5.75 Å². The number of esters is 1. The van der Waals surface area contributed by atoms with Crippen LogP contribution in [-0.2, 0) is 12.1 Å². The summed E-state index contributed by atoms with van der Waals surface area (Å²) in [5, 5.41) is 11.1. The number of ketones is 1. The molecule has 2 aliphatic heterocycles. The first-order chi connectivity index (χ1) is 18.9. The van der Waals surface area contributed by atoms with E-state index in [-0.39, 0.29) is 11.8 Å². The van der Waals surface area contributed by atoms with Crippen LogP contribution in [0.15, 0.2) is 78.9 Å². The number of aliphatic hydroxyl groups is 1. The van der Waals surface area contributed by atoms with Gasteiger partial charge in [-0.2, -0.15) is 0 Å². The standard InChI is InChI=1S/C33H38N2O4/c1-25(35-22-18-33(38,19-23-35)29-8-4-2-5-9-29)31(36)27-14-16-30(17-15-27)39-32(37)28-12-10-26(11-13-28)24-34-20-6-3-7-21-34/h2,4-5,8-17,25,38H,3,6-7,18-24H2,1H3. The van der Waals surface area contributed by atoms with Crippen molar-refractivity contribution in [3.8, 4) is 5.75 Å². The number of Topliss-reactive ketones (excluding diaryl/α,β-unsaturated/α-hetero) is 1. The van der Waals surface area contributed by atoms with Gasteiger partial charge in [0.1, 0.15) is 5.75 Å². The van der Waals surface area contributed by atoms with Crippen molar-refractivity contribution in [2.75, 3.05) is 26.2 Å². The summed E-state index contributed by atoms with van der Waals surface area (Å²) in [7, 11) is 0. The van der Waals surface area contributed by atoms with E-state index in [1.165, 1.54) is 24.8 Å². The molecule has 1 N–H and O–H groups in total. The number of hydrogen-bond acceptors (Lipinski definition) is 6. The summed E-state index contributed by atoms with van der Waals surface area (Å²) in [6.07, 6.45) is 5.00. The average Bonchev–Trinajstić information content (AvgIpc) is 2.98. The van der Waals surface area contributed by atoms with Crippen LogP contribution in [0, 0.1) is 0 Å². The Morgan fingerprint density at radius 2 is 1.44 bits per heavy atom. The Labute approximate surface area is 231 Å². The number of carbonyl (C=O) groups is 2. The van der Waals surface area contributed by atoms with Gasteiger partial charge in [0.2, 0.25) is 0 Å². The van der Waals surface area contributed by atoms with Crippen molar-refractivity contribution < 1.29 is 19.4 Å². The second-order valence-corrected chi connectivity index (χ2v) is 10.9. The van der Waals surface area contributed by atoms with E-state index in [2.05, 4.69) is 9.80 Å². The van der Waals surface area contributed by atoms with Crippen LogP contribution >= 0.6 is 0 Å². The highest BCUT2D eigenvalue weighted by Gasteiger charge is 2.36. The average molecular weight is 527 g/mol. The van der Waals surface area contributed by atoms with E-state index in [0.29, 0.717) is 42.8 Å². The largest absolute Gasteiger partial charge is 0.423 e. The molecule has 6 nitrogen and oxygen atoms in total. The Hall–Kier alpha value is -3.32. The van der Waals surface area contributed by atoms with Crippen LogP contribution in [0.4, 0.5) is 0 Å². The molecule has 2 saturated heterocycles. The molecule has 0 spiro atoms. The van der Waals surface area contributed by atoms with Crippen LogP contribution in [0.25, 0.3) is 0 Å². The summed E-state index contributed by atoms with van der Waals surface area (Å²) in [6.45, 7) is 6.38. The number of likely N-dealkylation sites (tertiary alicyclic amines) is 2. The van der Waals surface area contributed by atoms with Crippen molar-refractivity contribution in [2.45, 2.75) is 57.2 Å². The molecule has 0 bridgehead atoms. The highest BCUT2D eigenvalue weighted by molar-refractivity contribution is 6.00. The SMILES string of the molecule is CC(C(=O)c1ccc(OC(=O)c2ccc(CN3CCCCC3)cc2)cc1)N1CCC(O)(c2ccccc2)CC1. The van der Waals surface area contributed by atoms with Gasteiger partial charge >= 0.3 is 5.97 Å². The van der Waals surface area contributed by atoms with Gasteiger partial charge in [-0.1, -0.05) is 48.9 Å². The molecule has 0 radical (unpaired) electrons. The number of nitrogens with zero attached hydrogens (tertiary/aromatic N) is 2. The van der Waals surface area contributed by atoms with Gasteiger partial charge in [-0.15, -0.1) is 0 Å². The molecule has 3 aromatic carbocycles. The Bertz CT molecular complexity index is 1240. The molecular formula is C33H38N2O4. The molecule has 2 fully saturated rings. The van der Waals surface area contributed by atoms with E-state index in [1.54, 1.807) is 24.3 Å². The maximum absolute atomic E-state index is 13.2. The molecule has 0 aliphatic carbocycles. The summed E-state index contributed by atoms with van der Waals surface area (Å²) in [5.41, 5.74) is 2.37. The van der Waals surface area contributed by atoms with Gasteiger partial charge in [-0.25, -0.2) is 4.79 Å². The number of ether oxygens (including phenoxy) is 1. The van der Waals surface area contributed by atoms with E-state index in [0.717, 1.165) is 25.2 Å². The minimum atomic E-state index is -0.848. The van der Waals surface area contributed by atoms with Crippen LogP contribution in [-0.4, -0.2) is 58.9 Å². The molecule has 1 atom stereocenters. The number of rotatable bonds is 8. The van der Waals surface area contributed by atoms with Crippen LogP contribution in [0.3, 0.4) is 0 Å². The van der Waals surface area contributed by atoms with Gasteiger partial charge in [0.05, 0.1) is 17.2 Å². The first kappa shape index (κ1) is 27.3. The molecule has 2 aliphatic rings. The molecule has 0 aromatic heterocycles. The third kappa shape index (κ3) is 6.64. The van der Waals surface area contributed by atoms with E-state index >= 15 is 0 Å². The fraction of sp³-hybridized carbons (Fsp3) is 0.394. The van der Waals surface area contributed by atoms with Crippen molar-refractivity contribution in [1.82, 2.24) is 9.80 Å². The lowest BCUT2D eigenvalue weighted by Gasteiger charge is -2.40. The summed E-state index contributed by atoms with van der Waals surface area (Å²) < 4.78 is 5.57. The third-order valence-electron chi connectivity index (χ3n) is 8.26. The zero-order valence-corrected chi connectivity index (χ0v) is 22.7. The number of benzene rings is 3. The van der Waals surface area contributed by atoms with E-state index in [9.17, 15) is 14.7 Å². The molecule has 2 heterocycles. The predicted octanol–water partition coefficient (Wildman–Crippen LogP) is 5.45. The summed E-state index contributed by atoms with van der Waals surface area (Å²) in [5.74, 6) is 0.0148. The van der Waals surface area contributed by atoms with Gasteiger partial charge < -0.3 is 9.84 Å². The first-order valence-corrected chi connectivity index (χ1v) is 14.1. The molecule has 3 aromatic rings. The molecule has 39 heavy (non-hydrogen) atoms. The fourth-order valence-electron chi connectivity index (χ4n) is 5.70. The molecule has 1 unspecified atom stereocenters. The van der Waals surface area contributed by atoms with Gasteiger partial charge in [0.25, 0.3) is 0 Å². The van der Waals surface area contributed by atoms with Crippen molar-refractivity contribution >= 4 is 11.8 Å². The normalized spacial score (nSPS) is 18.8. The maximum Gasteiger partial charge on any atom is 0.343 e. The molecule has 0 amide bonds. The number of carbonyl (C=O) groups excluding carboxylic acids is 2. The van der Waals surface area contributed by atoms with Crippen LogP contribution in [0.1, 0.15) is 70.9 Å². The Balaban J connectivity index is 1.13. The van der Waals surface area contributed by atoms with Gasteiger partial charge in [-0.3, -0.25) is 14.6 Å².